The zero-order valence-corrected chi connectivity index (χ0v) is 17.0. The molecule has 1 aromatic heterocycles. The molecule has 11 heteroatoms. The molecule has 0 spiro atoms. The van der Waals surface area contributed by atoms with Crippen LogP contribution < -0.4 is 5.32 Å². The van der Waals surface area contributed by atoms with Crippen molar-refractivity contribution >= 4 is 50.5 Å². The molecule has 0 bridgehead atoms. The van der Waals surface area contributed by atoms with Crippen LogP contribution in [0.3, 0.4) is 0 Å². The summed E-state index contributed by atoms with van der Waals surface area (Å²) in [6.45, 7) is 0.874. The number of halogens is 1. The van der Waals surface area contributed by atoms with Crippen LogP contribution in [0.15, 0.2) is 41.3 Å². The Morgan fingerprint density at radius 1 is 1.14 bits per heavy atom. The smallest absolute Gasteiger partial charge is 0.348 e. The number of benzene rings is 1. The van der Waals surface area contributed by atoms with Crippen molar-refractivity contribution in [2.75, 3.05) is 38.2 Å². The Bertz CT molecular complexity index is 952. The van der Waals surface area contributed by atoms with Crippen LogP contribution in [0.4, 0.5) is 5.69 Å². The fourth-order valence-electron chi connectivity index (χ4n) is 2.47. The number of nitrogens with zero attached hydrogens (tertiary/aromatic N) is 1. The molecule has 0 aliphatic carbocycles. The normalized spacial score (nSPS) is 15.2. The molecule has 2 aromatic rings. The van der Waals surface area contributed by atoms with Gasteiger partial charge in [0.15, 0.2) is 6.61 Å². The summed E-state index contributed by atoms with van der Waals surface area (Å²) in [5, 5.41) is 2.54. The monoisotopic (exact) mass is 444 g/mol. The topological polar surface area (TPSA) is 102 Å². The number of rotatable bonds is 6. The minimum absolute atomic E-state index is 0.133. The van der Waals surface area contributed by atoms with E-state index in [4.69, 9.17) is 21.1 Å². The van der Waals surface area contributed by atoms with Crippen molar-refractivity contribution in [1.29, 1.82) is 0 Å². The van der Waals surface area contributed by atoms with Crippen LogP contribution in [0.1, 0.15) is 9.67 Å². The maximum atomic E-state index is 12.6. The number of sulfonamides is 1. The van der Waals surface area contributed by atoms with Crippen LogP contribution in [0.2, 0.25) is 4.34 Å². The molecule has 0 radical (unpaired) electrons. The van der Waals surface area contributed by atoms with Crippen LogP contribution in [-0.2, 0) is 24.3 Å². The Morgan fingerprint density at radius 2 is 1.82 bits per heavy atom. The summed E-state index contributed by atoms with van der Waals surface area (Å²) in [5.41, 5.74) is 0.390. The molecule has 1 fully saturated rings. The van der Waals surface area contributed by atoms with Gasteiger partial charge in [-0.25, -0.2) is 13.2 Å². The number of thiophene rings is 1. The number of carbonyl (C=O) groups is 2. The maximum Gasteiger partial charge on any atom is 0.348 e. The number of hydrogen-bond acceptors (Lipinski definition) is 7. The molecule has 1 amide bonds. The lowest BCUT2D eigenvalue weighted by Crippen LogP contribution is -2.40. The molecule has 150 valence electrons. The lowest BCUT2D eigenvalue weighted by molar-refractivity contribution is -0.119. The van der Waals surface area contributed by atoms with E-state index in [1.54, 1.807) is 6.07 Å². The highest BCUT2D eigenvalue weighted by atomic mass is 35.5. The molecule has 1 saturated heterocycles. The highest BCUT2D eigenvalue weighted by molar-refractivity contribution is 7.89. The first-order valence-corrected chi connectivity index (χ1v) is 10.9. The van der Waals surface area contributed by atoms with E-state index < -0.39 is 28.5 Å². The van der Waals surface area contributed by atoms with Gasteiger partial charge in [0, 0.05) is 18.8 Å². The third-order valence-electron chi connectivity index (χ3n) is 3.85. The second-order valence-corrected chi connectivity index (χ2v) is 9.42. The molecular formula is C17H17ClN2O6S2. The van der Waals surface area contributed by atoms with Gasteiger partial charge in [0.2, 0.25) is 10.0 Å². The second-order valence-electron chi connectivity index (χ2n) is 5.77. The van der Waals surface area contributed by atoms with E-state index in [1.165, 1.54) is 34.6 Å². The van der Waals surface area contributed by atoms with Gasteiger partial charge < -0.3 is 14.8 Å². The maximum absolute atomic E-state index is 12.6. The predicted octanol–water partition coefficient (Wildman–Crippen LogP) is 2.22. The van der Waals surface area contributed by atoms with Gasteiger partial charge in [-0.3, -0.25) is 4.79 Å². The van der Waals surface area contributed by atoms with Crippen LogP contribution in [0, 0.1) is 0 Å². The quantitative estimate of drug-likeness (QED) is 0.685. The molecule has 0 unspecified atom stereocenters. The number of esters is 1. The van der Waals surface area contributed by atoms with Gasteiger partial charge in [0.1, 0.15) is 4.88 Å². The molecule has 0 saturated carbocycles. The van der Waals surface area contributed by atoms with Crippen molar-refractivity contribution in [3.05, 3.63) is 45.6 Å². The number of carbonyl (C=O) groups excluding carboxylic acids is 2. The van der Waals surface area contributed by atoms with Crippen LogP contribution in [-0.4, -0.2) is 57.5 Å². The molecule has 1 N–H and O–H groups in total. The lowest BCUT2D eigenvalue weighted by atomic mass is 10.3. The van der Waals surface area contributed by atoms with Gasteiger partial charge in [-0.2, -0.15) is 4.31 Å². The molecule has 1 aliphatic heterocycles. The molecule has 3 rings (SSSR count). The summed E-state index contributed by atoms with van der Waals surface area (Å²) >= 11 is 6.81. The Hall–Kier alpha value is -1.98. The van der Waals surface area contributed by atoms with Gasteiger partial charge in [-0.1, -0.05) is 11.6 Å². The van der Waals surface area contributed by atoms with Gasteiger partial charge >= 0.3 is 5.97 Å². The van der Waals surface area contributed by atoms with Crippen LogP contribution in [0.25, 0.3) is 0 Å². The summed E-state index contributed by atoms with van der Waals surface area (Å²) in [7, 11) is -3.60. The Labute approximate surface area is 171 Å². The minimum atomic E-state index is -3.60. The van der Waals surface area contributed by atoms with E-state index in [1.807, 2.05) is 0 Å². The average Bonchev–Trinajstić information content (AvgIpc) is 3.14. The Balaban J connectivity index is 1.55. The van der Waals surface area contributed by atoms with Gasteiger partial charge in [-0.05, 0) is 36.4 Å². The van der Waals surface area contributed by atoms with E-state index in [9.17, 15) is 18.0 Å². The van der Waals surface area contributed by atoms with E-state index in [-0.39, 0.29) is 4.90 Å². The predicted molar refractivity (Wildman–Crippen MR) is 104 cm³/mol. The lowest BCUT2D eigenvalue weighted by Gasteiger charge is -2.26. The summed E-state index contributed by atoms with van der Waals surface area (Å²) in [6.07, 6.45) is 0. The van der Waals surface area contributed by atoms with Crippen molar-refractivity contribution in [1.82, 2.24) is 4.31 Å². The fourth-order valence-corrected chi connectivity index (χ4v) is 4.81. The summed E-state index contributed by atoms with van der Waals surface area (Å²) in [6, 6.07) is 8.87. The third-order valence-corrected chi connectivity index (χ3v) is 6.98. The largest absolute Gasteiger partial charge is 0.451 e. The zero-order valence-electron chi connectivity index (χ0n) is 14.6. The van der Waals surface area contributed by atoms with E-state index in [0.29, 0.717) is 41.2 Å². The van der Waals surface area contributed by atoms with Crippen LogP contribution >= 0.6 is 22.9 Å². The van der Waals surface area contributed by atoms with Gasteiger partial charge in [0.05, 0.1) is 22.4 Å². The first-order valence-electron chi connectivity index (χ1n) is 8.26. The highest BCUT2D eigenvalue weighted by Crippen LogP contribution is 2.22. The SMILES string of the molecule is O=C(COC(=O)c1ccc(Cl)s1)Nc1ccc(S(=O)(=O)N2CCOCC2)cc1. The van der Waals surface area contributed by atoms with Crippen molar-refractivity contribution in [2.45, 2.75) is 4.90 Å². The minimum Gasteiger partial charge on any atom is -0.451 e. The molecule has 1 aliphatic rings. The molecular weight excluding hydrogens is 428 g/mol. The molecule has 28 heavy (non-hydrogen) atoms. The number of nitrogens with one attached hydrogen (secondary N) is 1. The van der Waals surface area contributed by atoms with Gasteiger partial charge in [0.25, 0.3) is 5.91 Å². The zero-order chi connectivity index (χ0) is 20.1. The average molecular weight is 445 g/mol. The van der Waals surface area contributed by atoms with Crippen molar-refractivity contribution < 1.29 is 27.5 Å². The highest BCUT2D eigenvalue weighted by Gasteiger charge is 2.26. The summed E-state index contributed by atoms with van der Waals surface area (Å²) in [5.74, 6) is -1.18. The molecule has 1 aromatic carbocycles. The standard InChI is InChI=1S/C17H17ClN2O6S2/c18-15-6-5-14(27-15)17(22)26-11-16(21)19-12-1-3-13(4-2-12)28(23,24)20-7-9-25-10-8-20/h1-6H,7-11H2,(H,19,21). The fraction of sp³-hybridized carbons (Fsp3) is 0.294. The first-order chi connectivity index (χ1) is 13.4. The molecule has 2 heterocycles. The number of morpholine rings is 1. The second kappa shape index (κ2) is 9.01. The number of anilines is 1. The van der Waals surface area contributed by atoms with Crippen molar-refractivity contribution in [2.24, 2.45) is 0 Å². The summed E-state index contributed by atoms with van der Waals surface area (Å²) < 4.78 is 37.0. The van der Waals surface area contributed by atoms with E-state index in [0.717, 1.165) is 11.3 Å². The Morgan fingerprint density at radius 3 is 2.43 bits per heavy atom. The first kappa shape index (κ1) is 20.7. The van der Waals surface area contributed by atoms with Gasteiger partial charge in [-0.15, -0.1) is 11.3 Å². The van der Waals surface area contributed by atoms with Crippen molar-refractivity contribution in [3.8, 4) is 0 Å². The third kappa shape index (κ3) is 5.09. The molecule has 8 nitrogen and oxygen atoms in total. The van der Waals surface area contributed by atoms with Crippen molar-refractivity contribution in [3.63, 3.8) is 0 Å². The van der Waals surface area contributed by atoms with E-state index in [2.05, 4.69) is 5.32 Å². The summed E-state index contributed by atoms with van der Waals surface area (Å²) in [4.78, 5) is 24.2. The Kier molecular flexibility index (Phi) is 6.68. The number of hydrogen-bond donors (Lipinski definition) is 1. The van der Waals surface area contributed by atoms with E-state index >= 15 is 0 Å². The number of ether oxygens (including phenoxy) is 2. The molecule has 0 atom stereocenters. The number of amides is 1. The van der Waals surface area contributed by atoms with Crippen LogP contribution in [0.5, 0.6) is 0 Å².